The molecule has 1 heterocycles. The van der Waals surface area contributed by atoms with Crippen LogP contribution in [0.1, 0.15) is 17.2 Å². The predicted molar refractivity (Wildman–Crippen MR) is 52.4 cm³/mol. The number of hydrogen-bond donors (Lipinski definition) is 1. The molecule has 0 amide bonds. The van der Waals surface area contributed by atoms with Crippen molar-refractivity contribution in [2.45, 2.75) is 12.2 Å². The van der Waals surface area contributed by atoms with E-state index in [2.05, 4.69) is 0 Å². The molecular weight excluding hydrogens is 259 g/mol. The summed E-state index contributed by atoms with van der Waals surface area (Å²) in [6.45, 7) is 0.0875. The van der Waals surface area contributed by atoms with Crippen LogP contribution < -0.4 is 0 Å². The topological polar surface area (TPSA) is 57.4 Å². The van der Waals surface area contributed by atoms with Gasteiger partial charge in [0, 0.05) is 6.54 Å². The van der Waals surface area contributed by atoms with Gasteiger partial charge >= 0.3 is 16.5 Å². The maximum Gasteiger partial charge on any atom is 0.416 e. The third-order valence-corrected chi connectivity index (χ3v) is 3.48. The van der Waals surface area contributed by atoms with Crippen molar-refractivity contribution in [1.29, 1.82) is 0 Å². The largest absolute Gasteiger partial charge is 0.416 e. The average Bonchev–Trinajstić information content (AvgIpc) is 2.95. The Bertz CT molecular complexity index is 523. The Kier molecular flexibility index (Phi) is 2.68. The molecular formula is C9H8F3NO3S. The molecule has 17 heavy (non-hydrogen) atoms. The highest BCUT2D eigenvalue weighted by Crippen LogP contribution is 2.38. The van der Waals surface area contributed by atoms with Crippen LogP contribution in [-0.2, 0) is 16.5 Å². The molecule has 4 nitrogen and oxygen atoms in total. The Hall–Kier alpha value is -1.12. The first-order chi connectivity index (χ1) is 7.69. The number of rotatable bonds is 2. The zero-order valence-corrected chi connectivity index (χ0v) is 9.16. The van der Waals surface area contributed by atoms with Crippen LogP contribution in [0.5, 0.6) is 0 Å². The minimum absolute atomic E-state index is 0.0875. The quantitative estimate of drug-likeness (QED) is 0.657. The minimum Gasteiger partial charge on any atom is -0.273 e. The van der Waals surface area contributed by atoms with Gasteiger partial charge in [0.05, 0.1) is 11.6 Å². The molecule has 1 N–H and O–H groups in total. The summed E-state index contributed by atoms with van der Waals surface area (Å²) < 4.78 is 67.7. The molecule has 1 aliphatic heterocycles. The lowest BCUT2D eigenvalue weighted by Crippen LogP contribution is -2.10. The molecule has 1 aliphatic rings. The Balaban J connectivity index is 2.17. The Morgan fingerprint density at radius 1 is 1.24 bits per heavy atom. The van der Waals surface area contributed by atoms with E-state index in [0.29, 0.717) is 5.56 Å². The van der Waals surface area contributed by atoms with Crippen LogP contribution in [0.15, 0.2) is 24.3 Å². The van der Waals surface area contributed by atoms with Crippen molar-refractivity contribution in [2.75, 3.05) is 6.54 Å². The number of alkyl halides is 3. The van der Waals surface area contributed by atoms with Gasteiger partial charge in [-0.3, -0.25) is 4.55 Å². The first-order valence-electron chi connectivity index (χ1n) is 4.61. The molecule has 2 unspecified atom stereocenters. The monoisotopic (exact) mass is 267 g/mol. The van der Waals surface area contributed by atoms with E-state index in [9.17, 15) is 21.6 Å². The molecule has 0 saturated carbocycles. The Labute approximate surface area is 95.5 Å². The fraction of sp³-hybridized carbons (Fsp3) is 0.333. The highest BCUT2D eigenvalue weighted by molar-refractivity contribution is 7.83. The maximum atomic E-state index is 12.3. The lowest BCUT2D eigenvalue weighted by Gasteiger charge is -2.07. The normalized spacial score (nSPS) is 24.7. The average molecular weight is 267 g/mol. The van der Waals surface area contributed by atoms with Gasteiger partial charge in [-0.25, -0.2) is 0 Å². The summed E-state index contributed by atoms with van der Waals surface area (Å²) in [6.07, 6.45) is -4.41. The SMILES string of the molecule is O=S(=O)(O)N1CC1c1ccc(C(F)(F)F)cc1. The van der Waals surface area contributed by atoms with Gasteiger partial charge in [-0.15, -0.1) is 0 Å². The number of hydrogen-bond acceptors (Lipinski definition) is 2. The number of benzene rings is 1. The first kappa shape index (κ1) is 12.3. The van der Waals surface area contributed by atoms with Crippen molar-refractivity contribution in [3.05, 3.63) is 35.4 Å². The van der Waals surface area contributed by atoms with Gasteiger partial charge in [0.2, 0.25) is 0 Å². The molecule has 0 aliphatic carbocycles. The van der Waals surface area contributed by atoms with E-state index in [1.54, 1.807) is 0 Å². The zero-order chi connectivity index (χ0) is 12.8. The molecule has 0 spiro atoms. The molecule has 0 bridgehead atoms. The summed E-state index contributed by atoms with van der Waals surface area (Å²) in [5.41, 5.74) is -0.365. The lowest BCUT2D eigenvalue weighted by atomic mass is 10.1. The molecule has 94 valence electrons. The van der Waals surface area contributed by atoms with Crippen LogP contribution in [0.25, 0.3) is 0 Å². The van der Waals surface area contributed by atoms with E-state index in [1.807, 2.05) is 0 Å². The fourth-order valence-corrected chi connectivity index (χ4v) is 2.32. The lowest BCUT2D eigenvalue weighted by molar-refractivity contribution is -0.137. The second kappa shape index (κ2) is 3.69. The van der Waals surface area contributed by atoms with Crippen LogP contribution in [0.4, 0.5) is 13.2 Å². The smallest absolute Gasteiger partial charge is 0.273 e. The third-order valence-electron chi connectivity index (χ3n) is 2.49. The highest BCUT2D eigenvalue weighted by Gasteiger charge is 2.44. The van der Waals surface area contributed by atoms with Gasteiger partial charge in [-0.2, -0.15) is 25.9 Å². The van der Waals surface area contributed by atoms with E-state index in [4.69, 9.17) is 4.55 Å². The second-order valence-corrected chi connectivity index (χ2v) is 5.05. The summed E-state index contributed by atoms with van der Waals surface area (Å²) in [7, 11) is -4.25. The minimum atomic E-state index is -4.41. The fourth-order valence-electron chi connectivity index (χ4n) is 1.54. The van der Waals surface area contributed by atoms with E-state index in [1.165, 1.54) is 12.1 Å². The van der Waals surface area contributed by atoms with E-state index >= 15 is 0 Å². The first-order valence-corrected chi connectivity index (χ1v) is 6.01. The van der Waals surface area contributed by atoms with Crippen molar-refractivity contribution in [3.63, 3.8) is 0 Å². The summed E-state index contributed by atoms with van der Waals surface area (Å²) in [5.74, 6) is 0. The van der Waals surface area contributed by atoms with Crippen molar-refractivity contribution >= 4 is 10.3 Å². The van der Waals surface area contributed by atoms with Crippen molar-refractivity contribution in [1.82, 2.24) is 4.31 Å². The van der Waals surface area contributed by atoms with Crippen LogP contribution in [0.2, 0.25) is 0 Å². The molecule has 1 aromatic rings. The molecule has 0 radical (unpaired) electrons. The summed E-state index contributed by atoms with van der Waals surface area (Å²) in [5, 5.41) is 0. The Morgan fingerprint density at radius 2 is 1.76 bits per heavy atom. The molecule has 1 fully saturated rings. The van der Waals surface area contributed by atoms with Gasteiger partial charge in [0.25, 0.3) is 0 Å². The molecule has 8 heteroatoms. The summed E-state index contributed by atoms with van der Waals surface area (Å²) >= 11 is 0. The Morgan fingerprint density at radius 3 is 2.12 bits per heavy atom. The second-order valence-electron chi connectivity index (χ2n) is 3.68. The molecule has 1 aromatic carbocycles. The molecule has 2 atom stereocenters. The number of nitrogens with zero attached hydrogens (tertiary/aromatic N) is 1. The van der Waals surface area contributed by atoms with E-state index < -0.39 is 28.1 Å². The molecule has 2 rings (SSSR count). The van der Waals surface area contributed by atoms with Crippen molar-refractivity contribution in [3.8, 4) is 0 Å². The highest BCUT2D eigenvalue weighted by atomic mass is 32.2. The standard InChI is InChI=1S/C9H8F3NO3S/c10-9(11,12)7-3-1-6(2-4-7)8-5-13(8)17(14,15)16/h1-4,8H,5H2,(H,14,15,16). The zero-order valence-electron chi connectivity index (χ0n) is 8.35. The molecule has 1 saturated heterocycles. The summed E-state index contributed by atoms with van der Waals surface area (Å²) in [4.78, 5) is 0. The number of halogens is 3. The van der Waals surface area contributed by atoms with Gasteiger partial charge in [-0.1, -0.05) is 12.1 Å². The van der Waals surface area contributed by atoms with Crippen LogP contribution >= 0.6 is 0 Å². The van der Waals surface area contributed by atoms with Gasteiger partial charge in [0.15, 0.2) is 0 Å². The van der Waals surface area contributed by atoms with Gasteiger partial charge in [-0.05, 0) is 17.7 Å². The van der Waals surface area contributed by atoms with Gasteiger partial charge < -0.3 is 0 Å². The van der Waals surface area contributed by atoms with Gasteiger partial charge in [0.1, 0.15) is 0 Å². The van der Waals surface area contributed by atoms with Crippen LogP contribution in [0, 0.1) is 0 Å². The maximum absolute atomic E-state index is 12.3. The third kappa shape index (κ3) is 2.59. The van der Waals surface area contributed by atoms with Crippen molar-refractivity contribution < 1.29 is 26.1 Å². The van der Waals surface area contributed by atoms with Crippen molar-refractivity contribution in [2.24, 2.45) is 0 Å². The van der Waals surface area contributed by atoms with E-state index in [0.717, 1.165) is 16.4 Å². The summed E-state index contributed by atoms with van der Waals surface area (Å²) in [6, 6.07) is 3.62. The molecule has 0 aromatic heterocycles. The van der Waals surface area contributed by atoms with E-state index in [-0.39, 0.29) is 6.54 Å². The predicted octanol–water partition coefficient (Wildman–Crippen LogP) is 1.86. The van der Waals surface area contributed by atoms with Crippen LogP contribution in [-0.4, -0.2) is 23.8 Å². The van der Waals surface area contributed by atoms with Crippen LogP contribution in [0.3, 0.4) is 0 Å².